The van der Waals surface area contributed by atoms with Gasteiger partial charge in [-0.15, -0.1) is 0 Å². The van der Waals surface area contributed by atoms with Crippen LogP contribution in [0.15, 0.2) is 59.8 Å². The number of methoxy groups -OCH3 is 1. The Morgan fingerprint density at radius 2 is 1.89 bits per heavy atom. The second kappa shape index (κ2) is 7.82. The minimum absolute atomic E-state index is 0.103. The Morgan fingerprint density at radius 3 is 2.56 bits per heavy atom. The summed E-state index contributed by atoms with van der Waals surface area (Å²) in [5.41, 5.74) is 3.09. The van der Waals surface area contributed by atoms with Crippen LogP contribution in [-0.2, 0) is 16.2 Å². The Kier molecular flexibility index (Phi) is 5.10. The molecule has 2 aromatic carbocycles. The van der Waals surface area contributed by atoms with E-state index in [-0.39, 0.29) is 17.9 Å². The van der Waals surface area contributed by atoms with Gasteiger partial charge in [0, 0.05) is 18.9 Å². The van der Waals surface area contributed by atoms with Gasteiger partial charge in [-0.1, -0.05) is 35.5 Å². The average molecular weight is 364 g/mol. The first-order valence-electron chi connectivity index (χ1n) is 9.43. The molecule has 1 aliphatic heterocycles. The van der Waals surface area contributed by atoms with Crippen molar-refractivity contribution in [2.24, 2.45) is 11.1 Å². The quantitative estimate of drug-likeness (QED) is 0.754. The van der Waals surface area contributed by atoms with Crippen LogP contribution in [0.25, 0.3) is 0 Å². The van der Waals surface area contributed by atoms with Crippen LogP contribution in [-0.4, -0.2) is 36.3 Å². The molecule has 0 N–H and O–H groups in total. The molecule has 2 aliphatic rings. The molecule has 0 spiro atoms. The van der Waals surface area contributed by atoms with E-state index in [1.54, 1.807) is 7.11 Å². The van der Waals surface area contributed by atoms with Crippen molar-refractivity contribution >= 4 is 11.6 Å². The Bertz CT molecular complexity index is 813. The maximum atomic E-state index is 12.7. The van der Waals surface area contributed by atoms with Crippen LogP contribution in [0.2, 0.25) is 0 Å². The standard InChI is InChI=1S/C22H24N2O3/c1-26-19-11-9-17(10-12-19)21-13-20(27-23-21)15-24(22(25)18-7-8-18)14-16-5-3-2-4-6-16/h2-6,9-12,18,20H,7-8,13-15H2,1H3/t20-/m0/s1. The molecule has 0 radical (unpaired) electrons. The number of nitrogens with zero attached hydrogens (tertiary/aromatic N) is 2. The predicted octanol–water partition coefficient (Wildman–Crippen LogP) is 3.63. The highest BCUT2D eigenvalue weighted by atomic mass is 16.6. The Morgan fingerprint density at radius 1 is 1.15 bits per heavy atom. The van der Waals surface area contributed by atoms with E-state index >= 15 is 0 Å². The number of oxime groups is 1. The summed E-state index contributed by atoms with van der Waals surface area (Å²) in [7, 11) is 1.65. The highest BCUT2D eigenvalue weighted by molar-refractivity contribution is 6.01. The molecule has 1 aliphatic carbocycles. The summed E-state index contributed by atoms with van der Waals surface area (Å²) < 4.78 is 5.20. The second-order valence-electron chi connectivity index (χ2n) is 7.18. The van der Waals surface area contributed by atoms with Crippen LogP contribution in [0.4, 0.5) is 0 Å². The molecule has 1 atom stereocenters. The third-order valence-electron chi connectivity index (χ3n) is 5.03. The van der Waals surface area contributed by atoms with Crippen molar-refractivity contribution < 1.29 is 14.4 Å². The minimum atomic E-state index is -0.103. The van der Waals surface area contributed by atoms with Crippen LogP contribution >= 0.6 is 0 Å². The van der Waals surface area contributed by atoms with Crippen molar-refractivity contribution in [1.82, 2.24) is 4.90 Å². The van der Waals surface area contributed by atoms with Crippen molar-refractivity contribution in [3.8, 4) is 5.75 Å². The monoisotopic (exact) mass is 364 g/mol. The van der Waals surface area contributed by atoms with Crippen molar-refractivity contribution in [1.29, 1.82) is 0 Å². The summed E-state index contributed by atoms with van der Waals surface area (Å²) in [5.74, 6) is 1.25. The molecule has 140 valence electrons. The average Bonchev–Trinajstić information content (AvgIpc) is 3.46. The molecule has 0 saturated heterocycles. The lowest BCUT2D eigenvalue weighted by atomic mass is 10.0. The maximum Gasteiger partial charge on any atom is 0.226 e. The van der Waals surface area contributed by atoms with Crippen molar-refractivity contribution in [2.45, 2.75) is 31.9 Å². The summed E-state index contributed by atoms with van der Waals surface area (Å²) in [4.78, 5) is 20.3. The third-order valence-corrected chi connectivity index (χ3v) is 5.03. The first-order chi connectivity index (χ1) is 13.2. The summed E-state index contributed by atoms with van der Waals surface area (Å²) >= 11 is 0. The molecule has 0 unspecified atom stereocenters. The van der Waals surface area contributed by atoms with E-state index in [4.69, 9.17) is 9.57 Å². The molecule has 1 amide bonds. The van der Waals surface area contributed by atoms with Gasteiger partial charge < -0.3 is 14.5 Å². The second-order valence-corrected chi connectivity index (χ2v) is 7.18. The molecule has 27 heavy (non-hydrogen) atoms. The molecule has 0 aromatic heterocycles. The number of carbonyl (C=O) groups excluding carboxylic acids is 1. The zero-order valence-corrected chi connectivity index (χ0v) is 15.5. The number of benzene rings is 2. The maximum absolute atomic E-state index is 12.7. The largest absolute Gasteiger partial charge is 0.497 e. The highest BCUT2D eigenvalue weighted by Crippen LogP contribution is 2.32. The van der Waals surface area contributed by atoms with Gasteiger partial charge in [-0.05, 0) is 48.2 Å². The molecule has 5 nitrogen and oxygen atoms in total. The number of ether oxygens (including phenoxy) is 1. The van der Waals surface area contributed by atoms with Crippen LogP contribution in [0.3, 0.4) is 0 Å². The summed E-state index contributed by atoms with van der Waals surface area (Å²) in [6.45, 7) is 1.18. The summed E-state index contributed by atoms with van der Waals surface area (Å²) in [6.07, 6.45) is 2.61. The first kappa shape index (κ1) is 17.6. The fourth-order valence-corrected chi connectivity index (χ4v) is 3.35. The number of hydrogen-bond donors (Lipinski definition) is 0. The van der Waals surface area contributed by atoms with E-state index in [2.05, 4.69) is 17.3 Å². The van der Waals surface area contributed by atoms with Crippen LogP contribution < -0.4 is 4.74 Å². The molecule has 1 heterocycles. The SMILES string of the molecule is COc1ccc(C2=NO[C@H](CN(Cc3ccccc3)C(=O)C3CC3)C2)cc1. The van der Waals surface area contributed by atoms with Crippen molar-refractivity contribution in [3.05, 3.63) is 65.7 Å². The van der Waals surface area contributed by atoms with E-state index < -0.39 is 0 Å². The fraction of sp³-hybridized carbons (Fsp3) is 0.364. The molecular formula is C22H24N2O3. The third kappa shape index (κ3) is 4.30. The zero-order chi connectivity index (χ0) is 18.6. The Balaban J connectivity index is 1.40. The van der Waals surface area contributed by atoms with E-state index in [1.807, 2.05) is 47.4 Å². The lowest BCUT2D eigenvalue weighted by Crippen LogP contribution is -2.38. The Hall–Kier alpha value is -2.82. The molecule has 1 fully saturated rings. The van der Waals surface area contributed by atoms with E-state index in [0.717, 1.165) is 35.4 Å². The molecule has 2 aromatic rings. The molecule has 4 rings (SSSR count). The highest BCUT2D eigenvalue weighted by Gasteiger charge is 2.35. The fourth-order valence-electron chi connectivity index (χ4n) is 3.35. The first-order valence-corrected chi connectivity index (χ1v) is 9.43. The molecule has 1 saturated carbocycles. The van der Waals surface area contributed by atoms with Gasteiger partial charge in [0.1, 0.15) is 5.75 Å². The van der Waals surface area contributed by atoms with Gasteiger partial charge in [0.25, 0.3) is 0 Å². The number of amides is 1. The molecular weight excluding hydrogens is 340 g/mol. The number of hydrogen-bond acceptors (Lipinski definition) is 4. The van der Waals surface area contributed by atoms with Gasteiger partial charge in [0.15, 0.2) is 6.10 Å². The van der Waals surface area contributed by atoms with Crippen LogP contribution in [0, 0.1) is 5.92 Å². The minimum Gasteiger partial charge on any atom is -0.497 e. The number of carbonyl (C=O) groups is 1. The van der Waals surface area contributed by atoms with E-state index in [9.17, 15) is 4.79 Å². The van der Waals surface area contributed by atoms with Gasteiger partial charge in [0.05, 0.1) is 19.4 Å². The van der Waals surface area contributed by atoms with Crippen LogP contribution in [0.1, 0.15) is 30.4 Å². The normalized spacial score (nSPS) is 18.6. The summed E-state index contributed by atoms with van der Waals surface area (Å²) in [5, 5.41) is 4.26. The lowest BCUT2D eigenvalue weighted by Gasteiger charge is -2.25. The van der Waals surface area contributed by atoms with Gasteiger partial charge in [-0.3, -0.25) is 4.79 Å². The molecule has 0 bridgehead atoms. The van der Waals surface area contributed by atoms with E-state index in [0.29, 0.717) is 19.5 Å². The molecule has 5 heteroatoms. The van der Waals surface area contributed by atoms with E-state index in [1.165, 1.54) is 0 Å². The van der Waals surface area contributed by atoms with Gasteiger partial charge in [0.2, 0.25) is 5.91 Å². The van der Waals surface area contributed by atoms with Gasteiger partial charge >= 0.3 is 0 Å². The van der Waals surface area contributed by atoms with Crippen LogP contribution in [0.5, 0.6) is 5.75 Å². The van der Waals surface area contributed by atoms with Gasteiger partial charge in [-0.2, -0.15) is 0 Å². The Labute approximate surface area is 159 Å². The predicted molar refractivity (Wildman–Crippen MR) is 104 cm³/mol. The number of rotatable bonds is 7. The van der Waals surface area contributed by atoms with Gasteiger partial charge in [-0.25, -0.2) is 0 Å². The van der Waals surface area contributed by atoms with Crippen molar-refractivity contribution in [3.63, 3.8) is 0 Å². The topological polar surface area (TPSA) is 51.1 Å². The smallest absolute Gasteiger partial charge is 0.226 e. The lowest BCUT2D eigenvalue weighted by molar-refractivity contribution is -0.135. The summed E-state index contributed by atoms with van der Waals surface area (Å²) in [6, 6.07) is 17.9. The van der Waals surface area contributed by atoms with Crippen molar-refractivity contribution in [2.75, 3.05) is 13.7 Å². The zero-order valence-electron chi connectivity index (χ0n) is 15.5.